The quantitative estimate of drug-likeness (QED) is 0.318. The summed E-state index contributed by atoms with van der Waals surface area (Å²) in [6.07, 6.45) is 0. The van der Waals surface area contributed by atoms with Gasteiger partial charge in [0, 0.05) is 8.96 Å². The van der Waals surface area contributed by atoms with Gasteiger partial charge < -0.3 is 0 Å². The monoisotopic (exact) mass is 482 g/mol. The average molecular weight is 483 g/mol. The summed E-state index contributed by atoms with van der Waals surface area (Å²) in [5, 5.41) is 3.79. The zero-order valence-corrected chi connectivity index (χ0v) is 13.7. The minimum atomic E-state index is 0.625. The van der Waals surface area contributed by atoms with E-state index in [1.54, 1.807) is 0 Å². The fraction of sp³-hybridized carbons (Fsp3) is 0. The molecule has 0 radical (unpaired) electrons. The molecular formula is C10H3Cl3I2. The van der Waals surface area contributed by atoms with E-state index >= 15 is 0 Å². The van der Waals surface area contributed by atoms with Crippen molar-refractivity contribution in [2.75, 3.05) is 0 Å². The Hall–Kier alpha value is 1.03. The second-order valence-corrected chi connectivity index (χ2v) is 6.49. The van der Waals surface area contributed by atoms with Crippen LogP contribution in [0.5, 0.6) is 0 Å². The fourth-order valence-corrected chi connectivity index (χ4v) is 3.55. The summed E-state index contributed by atoms with van der Waals surface area (Å²) >= 11 is 22.8. The van der Waals surface area contributed by atoms with Gasteiger partial charge in [-0.1, -0.05) is 34.8 Å². The highest BCUT2D eigenvalue weighted by Gasteiger charge is 2.11. The van der Waals surface area contributed by atoms with Crippen LogP contribution in [-0.2, 0) is 0 Å². The predicted octanol–water partition coefficient (Wildman–Crippen LogP) is 6.01. The number of halogens is 5. The molecule has 0 aliphatic rings. The zero-order valence-electron chi connectivity index (χ0n) is 7.12. The van der Waals surface area contributed by atoms with E-state index in [4.69, 9.17) is 34.8 Å². The van der Waals surface area contributed by atoms with Crippen molar-refractivity contribution in [3.05, 3.63) is 40.4 Å². The Balaban J connectivity index is 2.99. The van der Waals surface area contributed by atoms with Gasteiger partial charge >= 0.3 is 0 Å². The summed E-state index contributed by atoms with van der Waals surface area (Å²) in [5.41, 5.74) is 0. The predicted molar refractivity (Wildman–Crippen MR) is 84.4 cm³/mol. The largest absolute Gasteiger partial charge is 0.0836 e. The van der Waals surface area contributed by atoms with E-state index in [2.05, 4.69) is 45.2 Å². The summed E-state index contributed by atoms with van der Waals surface area (Å²) in [6, 6.07) is 5.79. The first-order chi connectivity index (χ1) is 7.00. The van der Waals surface area contributed by atoms with Crippen LogP contribution < -0.4 is 0 Å². The van der Waals surface area contributed by atoms with Crippen molar-refractivity contribution in [1.29, 1.82) is 0 Å². The van der Waals surface area contributed by atoms with Crippen LogP contribution in [-0.4, -0.2) is 0 Å². The van der Waals surface area contributed by atoms with Crippen LogP contribution in [0.1, 0.15) is 0 Å². The van der Waals surface area contributed by atoms with Gasteiger partial charge in [-0.15, -0.1) is 0 Å². The number of rotatable bonds is 0. The third-order valence-corrected chi connectivity index (χ3v) is 5.34. The molecular weight excluding hydrogens is 480 g/mol. The lowest BCUT2D eigenvalue weighted by molar-refractivity contribution is 1.66. The molecule has 0 bridgehead atoms. The molecule has 0 saturated carbocycles. The maximum absolute atomic E-state index is 6.21. The van der Waals surface area contributed by atoms with E-state index in [-0.39, 0.29) is 0 Å². The maximum Gasteiger partial charge on any atom is 0.0647 e. The average Bonchev–Trinajstić information content (AvgIpc) is 2.13. The molecule has 0 spiro atoms. The Morgan fingerprint density at radius 3 is 2.20 bits per heavy atom. The molecule has 2 aromatic carbocycles. The van der Waals surface area contributed by atoms with Crippen LogP contribution in [0.25, 0.3) is 10.8 Å². The van der Waals surface area contributed by atoms with Gasteiger partial charge in [0.1, 0.15) is 0 Å². The van der Waals surface area contributed by atoms with Crippen molar-refractivity contribution in [1.82, 2.24) is 0 Å². The SMILES string of the molecule is Clc1cc2cc(I)cc(Cl)c2c(Cl)c1I. The van der Waals surface area contributed by atoms with Gasteiger partial charge in [0.25, 0.3) is 0 Å². The van der Waals surface area contributed by atoms with E-state index in [9.17, 15) is 0 Å². The lowest BCUT2D eigenvalue weighted by Crippen LogP contribution is -1.84. The minimum absolute atomic E-state index is 0.625. The van der Waals surface area contributed by atoms with Crippen LogP contribution in [0.4, 0.5) is 0 Å². The van der Waals surface area contributed by atoms with Crippen LogP contribution in [0.15, 0.2) is 18.2 Å². The summed E-state index contributed by atoms with van der Waals surface area (Å²) in [6.45, 7) is 0. The first-order valence-corrected chi connectivity index (χ1v) is 7.22. The van der Waals surface area contributed by atoms with Gasteiger partial charge in [-0.25, -0.2) is 0 Å². The molecule has 0 unspecified atom stereocenters. The first-order valence-electron chi connectivity index (χ1n) is 3.93. The molecule has 0 N–H and O–H groups in total. The summed E-state index contributed by atoms with van der Waals surface area (Å²) in [5.74, 6) is 0. The molecule has 0 aliphatic carbocycles. The molecule has 0 nitrogen and oxygen atoms in total. The molecule has 0 amide bonds. The van der Waals surface area contributed by atoms with Crippen LogP contribution >= 0.6 is 80.0 Å². The third-order valence-electron chi connectivity index (χ3n) is 1.99. The van der Waals surface area contributed by atoms with E-state index in [0.29, 0.717) is 15.1 Å². The lowest BCUT2D eigenvalue weighted by Gasteiger charge is -2.07. The van der Waals surface area contributed by atoms with Crippen molar-refractivity contribution in [3.63, 3.8) is 0 Å². The molecule has 0 heterocycles. The number of hydrogen-bond donors (Lipinski definition) is 0. The fourth-order valence-electron chi connectivity index (χ4n) is 1.35. The highest BCUT2D eigenvalue weighted by Crippen LogP contribution is 2.38. The summed E-state index contributed by atoms with van der Waals surface area (Å²) in [4.78, 5) is 0. The van der Waals surface area contributed by atoms with Crippen molar-refractivity contribution in [3.8, 4) is 0 Å². The first kappa shape index (κ1) is 12.5. The van der Waals surface area contributed by atoms with E-state index in [0.717, 1.165) is 17.9 Å². The van der Waals surface area contributed by atoms with E-state index < -0.39 is 0 Å². The molecule has 0 fully saturated rings. The zero-order chi connectivity index (χ0) is 11.2. The molecule has 0 aliphatic heterocycles. The molecule has 78 valence electrons. The maximum atomic E-state index is 6.21. The van der Waals surface area contributed by atoms with Gasteiger partial charge in [0.2, 0.25) is 0 Å². The molecule has 5 heteroatoms. The van der Waals surface area contributed by atoms with Gasteiger partial charge in [0.05, 0.1) is 18.6 Å². The van der Waals surface area contributed by atoms with Gasteiger partial charge in [-0.05, 0) is 68.8 Å². The highest BCUT2D eigenvalue weighted by molar-refractivity contribution is 14.1. The third kappa shape index (κ3) is 2.34. The Kier molecular flexibility index (Phi) is 3.93. The molecule has 0 atom stereocenters. The molecule has 15 heavy (non-hydrogen) atoms. The smallest absolute Gasteiger partial charge is 0.0647 e. The number of benzene rings is 2. The van der Waals surface area contributed by atoms with E-state index in [1.807, 2.05) is 18.2 Å². The minimum Gasteiger partial charge on any atom is -0.0836 e. The Labute approximate surface area is 130 Å². The van der Waals surface area contributed by atoms with Crippen molar-refractivity contribution < 1.29 is 0 Å². The van der Waals surface area contributed by atoms with Crippen molar-refractivity contribution >= 4 is 90.8 Å². The Morgan fingerprint density at radius 2 is 1.53 bits per heavy atom. The highest BCUT2D eigenvalue weighted by atomic mass is 127. The molecule has 0 aromatic heterocycles. The van der Waals surface area contributed by atoms with Gasteiger partial charge in [-0.2, -0.15) is 0 Å². The lowest BCUT2D eigenvalue weighted by atomic mass is 10.1. The second kappa shape index (κ2) is 4.72. The van der Waals surface area contributed by atoms with Crippen molar-refractivity contribution in [2.45, 2.75) is 0 Å². The number of fused-ring (bicyclic) bond motifs is 1. The van der Waals surface area contributed by atoms with Gasteiger partial charge in [0.15, 0.2) is 0 Å². The normalized spacial score (nSPS) is 11.0. The molecule has 2 aromatic rings. The standard InChI is InChI=1S/C10H3Cl3I2/c11-6-3-5(14)1-4-2-7(12)10(15)9(13)8(4)6/h1-3H. The van der Waals surface area contributed by atoms with Crippen LogP contribution in [0, 0.1) is 7.14 Å². The summed E-state index contributed by atoms with van der Waals surface area (Å²) in [7, 11) is 0. The van der Waals surface area contributed by atoms with Crippen LogP contribution in [0.2, 0.25) is 15.1 Å². The van der Waals surface area contributed by atoms with Crippen LogP contribution in [0.3, 0.4) is 0 Å². The topological polar surface area (TPSA) is 0 Å². The Morgan fingerprint density at radius 1 is 0.867 bits per heavy atom. The van der Waals surface area contributed by atoms with Gasteiger partial charge in [-0.3, -0.25) is 0 Å². The Bertz CT molecular complexity index is 552. The molecule has 0 saturated heterocycles. The number of hydrogen-bond acceptors (Lipinski definition) is 0. The van der Waals surface area contributed by atoms with Crippen molar-refractivity contribution in [2.24, 2.45) is 0 Å². The van der Waals surface area contributed by atoms with E-state index in [1.165, 1.54) is 0 Å². The summed E-state index contributed by atoms with van der Waals surface area (Å²) < 4.78 is 1.91. The second-order valence-electron chi connectivity index (χ2n) is 2.97. The molecule has 2 rings (SSSR count).